The van der Waals surface area contributed by atoms with E-state index in [-0.39, 0.29) is 0 Å². The third kappa shape index (κ3) is 5.63. The first-order valence-corrected chi connectivity index (χ1v) is 10.2. The molecule has 0 bridgehead atoms. The minimum Gasteiger partial charge on any atom is -0.493 e. The molecule has 1 fully saturated rings. The Morgan fingerprint density at radius 1 is 1.14 bits per heavy atom. The van der Waals surface area contributed by atoms with Gasteiger partial charge in [0.2, 0.25) is 0 Å². The van der Waals surface area contributed by atoms with Crippen LogP contribution in [0, 0.1) is 0 Å². The summed E-state index contributed by atoms with van der Waals surface area (Å²) in [6.45, 7) is 7.69. The summed E-state index contributed by atoms with van der Waals surface area (Å²) >= 11 is 0. The molecule has 1 saturated heterocycles. The second-order valence-electron chi connectivity index (χ2n) is 7.37. The summed E-state index contributed by atoms with van der Waals surface area (Å²) in [4.78, 5) is 4.68. The number of nitrogens with one attached hydrogen (secondary N) is 1. The van der Waals surface area contributed by atoms with E-state index in [0.717, 1.165) is 50.6 Å². The zero-order valence-corrected chi connectivity index (χ0v) is 17.4. The Bertz CT molecular complexity index is 723. The molecule has 0 spiro atoms. The molecule has 1 heterocycles. The van der Waals surface area contributed by atoms with Crippen LogP contribution in [0.15, 0.2) is 48.5 Å². The van der Waals surface area contributed by atoms with E-state index >= 15 is 0 Å². The molecule has 1 N–H and O–H groups in total. The zero-order valence-electron chi connectivity index (χ0n) is 17.4. The number of hydrogen-bond acceptors (Lipinski definition) is 5. The summed E-state index contributed by atoms with van der Waals surface area (Å²) in [7, 11) is 3.80. The lowest BCUT2D eigenvalue weighted by Crippen LogP contribution is -2.51. The molecule has 1 unspecified atom stereocenters. The quantitative estimate of drug-likeness (QED) is 0.720. The van der Waals surface area contributed by atoms with E-state index in [2.05, 4.69) is 71.6 Å². The van der Waals surface area contributed by atoms with Crippen LogP contribution in [0.25, 0.3) is 0 Å². The van der Waals surface area contributed by atoms with Gasteiger partial charge in [-0.1, -0.05) is 37.3 Å². The number of anilines is 1. The third-order valence-electron chi connectivity index (χ3n) is 5.36. The van der Waals surface area contributed by atoms with Crippen molar-refractivity contribution >= 4 is 5.69 Å². The zero-order chi connectivity index (χ0) is 19.8. The third-order valence-corrected chi connectivity index (χ3v) is 5.36. The fraction of sp³-hybridized carbons (Fsp3) is 0.478. The number of ether oxygens (including phenoxy) is 2. The molecule has 0 saturated carbocycles. The minimum atomic E-state index is 0.445. The molecule has 0 aromatic heterocycles. The smallest absolute Gasteiger partial charge is 0.163 e. The van der Waals surface area contributed by atoms with Crippen molar-refractivity contribution in [1.82, 2.24) is 10.2 Å². The van der Waals surface area contributed by atoms with Crippen molar-refractivity contribution in [2.75, 3.05) is 58.4 Å². The Balaban J connectivity index is 1.65. The summed E-state index contributed by atoms with van der Waals surface area (Å²) < 4.78 is 11.5. The number of benzene rings is 2. The largest absolute Gasteiger partial charge is 0.493 e. The van der Waals surface area contributed by atoms with E-state index in [4.69, 9.17) is 9.47 Å². The Morgan fingerprint density at radius 3 is 2.71 bits per heavy atom. The second kappa shape index (κ2) is 10.3. The van der Waals surface area contributed by atoms with Gasteiger partial charge in [0.25, 0.3) is 0 Å². The van der Waals surface area contributed by atoms with Gasteiger partial charge < -0.3 is 24.6 Å². The number of hydrogen-bond donors (Lipinski definition) is 1. The predicted molar refractivity (Wildman–Crippen MR) is 116 cm³/mol. The number of nitrogens with zero attached hydrogens (tertiary/aromatic N) is 2. The van der Waals surface area contributed by atoms with Crippen molar-refractivity contribution in [3.63, 3.8) is 0 Å². The average Bonchev–Trinajstić information content (AvgIpc) is 2.74. The van der Waals surface area contributed by atoms with Gasteiger partial charge in [-0.05, 0) is 37.7 Å². The van der Waals surface area contributed by atoms with Crippen molar-refractivity contribution < 1.29 is 9.47 Å². The van der Waals surface area contributed by atoms with E-state index in [0.29, 0.717) is 12.6 Å². The van der Waals surface area contributed by atoms with Gasteiger partial charge >= 0.3 is 0 Å². The van der Waals surface area contributed by atoms with Gasteiger partial charge in [0.1, 0.15) is 6.61 Å². The lowest BCUT2D eigenvalue weighted by atomic mass is 10.0. The van der Waals surface area contributed by atoms with Gasteiger partial charge in [-0.15, -0.1) is 0 Å². The fourth-order valence-electron chi connectivity index (χ4n) is 3.54. The first-order valence-electron chi connectivity index (χ1n) is 10.2. The number of methoxy groups -OCH3 is 1. The highest BCUT2D eigenvalue weighted by molar-refractivity contribution is 5.57. The maximum atomic E-state index is 6.05. The number of piperazine rings is 1. The van der Waals surface area contributed by atoms with Crippen molar-refractivity contribution in [2.45, 2.75) is 19.4 Å². The molecule has 1 atom stereocenters. The molecule has 0 radical (unpaired) electrons. The second-order valence-corrected chi connectivity index (χ2v) is 7.37. The van der Waals surface area contributed by atoms with Crippen LogP contribution < -0.4 is 19.7 Å². The first-order chi connectivity index (χ1) is 13.7. The van der Waals surface area contributed by atoms with Gasteiger partial charge in [0.05, 0.1) is 7.11 Å². The molecule has 0 aliphatic carbocycles. The maximum Gasteiger partial charge on any atom is 0.163 e. The standard InChI is InChI=1S/C23H33N3O2/c1-4-25(2)14-15-28-23-17-21(10-11-22(23)27-3)26-13-12-24-20(18-26)16-19-8-6-5-7-9-19/h5-11,17,20,24H,4,12-16,18H2,1-3H3. The van der Waals surface area contributed by atoms with Crippen LogP contribution >= 0.6 is 0 Å². The highest BCUT2D eigenvalue weighted by atomic mass is 16.5. The van der Waals surface area contributed by atoms with E-state index in [1.54, 1.807) is 7.11 Å². The van der Waals surface area contributed by atoms with Crippen molar-refractivity contribution in [3.05, 3.63) is 54.1 Å². The monoisotopic (exact) mass is 383 g/mol. The molecule has 0 amide bonds. The normalized spacial score (nSPS) is 17.0. The van der Waals surface area contributed by atoms with E-state index < -0.39 is 0 Å². The maximum absolute atomic E-state index is 6.05. The van der Waals surface area contributed by atoms with Crippen LogP contribution in [-0.4, -0.2) is 64.4 Å². The van der Waals surface area contributed by atoms with Crippen molar-refractivity contribution in [3.8, 4) is 11.5 Å². The van der Waals surface area contributed by atoms with Gasteiger partial charge in [-0.2, -0.15) is 0 Å². The topological polar surface area (TPSA) is 37.0 Å². The summed E-state index contributed by atoms with van der Waals surface area (Å²) in [5.41, 5.74) is 2.57. The molecule has 28 heavy (non-hydrogen) atoms. The predicted octanol–water partition coefficient (Wildman–Crippen LogP) is 3.05. The van der Waals surface area contributed by atoms with Crippen LogP contribution in [0.2, 0.25) is 0 Å². The molecule has 152 valence electrons. The summed E-state index contributed by atoms with van der Waals surface area (Å²) in [6.07, 6.45) is 1.04. The Labute approximate surface area is 169 Å². The molecule has 2 aromatic rings. The molecule has 5 nitrogen and oxygen atoms in total. The van der Waals surface area contributed by atoms with E-state index in [9.17, 15) is 0 Å². The summed E-state index contributed by atoms with van der Waals surface area (Å²) in [5.74, 6) is 1.61. The lowest BCUT2D eigenvalue weighted by Gasteiger charge is -2.35. The first kappa shape index (κ1) is 20.5. The molecule has 3 rings (SSSR count). The minimum absolute atomic E-state index is 0.445. The highest BCUT2D eigenvalue weighted by Gasteiger charge is 2.21. The van der Waals surface area contributed by atoms with Gasteiger partial charge in [0, 0.05) is 44.0 Å². The van der Waals surface area contributed by atoms with Gasteiger partial charge in [-0.25, -0.2) is 0 Å². The molecular weight excluding hydrogens is 350 g/mol. The number of rotatable bonds is 9. The van der Waals surface area contributed by atoms with Crippen LogP contribution in [0.1, 0.15) is 12.5 Å². The van der Waals surface area contributed by atoms with Crippen LogP contribution in [0.5, 0.6) is 11.5 Å². The molecular formula is C23H33N3O2. The summed E-state index contributed by atoms with van der Waals surface area (Å²) in [6, 6.07) is 17.4. The van der Waals surface area contributed by atoms with Crippen molar-refractivity contribution in [2.24, 2.45) is 0 Å². The Hall–Kier alpha value is -2.24. The SMILES string of the molecule is CCN(C)CCOc1cc(N2CCNC(Cc3ccccc3)C2)ccc1OC. The van der Waals surface area contributed by atoms with Crippen molar-refractivity contribution in [1.29, 1.82) is 0 Å². The summed E-state index contributed by atoms with van der Waals surface area (Å²) in [5, 5.41) is 3.65. The van der Waals surface area contributed by atoms with E-state index in [1.807, 2.05) is 6.07 Å². The fourth-order valence-corrected chi connectivity index (χ4v) is 3.54. The van der Waals surface area contributed by atoms with Gasteiger partial charge in [-0.3, -0.25) is 0 Å². The molecule has 1 aliphatic rings. The average molecular weight is 384 g/mol. The number of likely N-dealkylation sites (N-methyl/N-ethyl adjacent to an activating group) is 1. The molecule has 2 aromatic carbocycles. The lowest BCUT2D eigenvalue weighted by molar-refractivity contribution is 0.236. The van der Waals surface area contributed by atoms with E-state index in [1.165, 1.54) is 11.3 Å². The van der Waals surface area contributed by atoms with Crippen LogP contribution in [-0.2, 0) is 6.42 Å². The Morgan fingerprint density at radius 2 is 1.96 bits per heavy atom. The van der Waals surface area contributed by atoms with Crippen LogP contribution in [0.3, 0.4) is 0 Å². The van der Waals surface area contributed by atoms with Crippen LogP contribution in [0.4, 0.5) is 5.69 Å². The molecule has 5 heteroatoms. The Kier molecular flexibility index (Phi) is 7.57. The highest BCUT2D eigenvalue weighted by Crippen LogP contribution is 2.32. The van der Waals surface area contributed by atoms with Gasteiger partial charge in [0.15, 0.2) is 11.5 Å². The molecule has 1 aliphatic heterocycles.